The Morgan fingerprint density at radius 3 is 2.37 bits per heavy atom. The molecule has 1 aromatic heterocycles. The summed E-state index contributed by atoms with van der Waals surface area (Å²) in [7, 11) is 0. The smallest absolute Gasteiger partial charge is 0.227 e. The van der Waals surface area contributed by atoms with Gasteiger partial charge < -0.3 is 4.90 Å². The number of nitrogens with zero attached hydrogens (tertiary/aromatic N) is 3. The molecule has 2 heterocycles. The highest BCUT2D eigenvalue weighted by molar-refractivity contribution is 5.79. The number of hydrogen-bond donors (Lipinski definition) is 0. The maximum absolute atomic E-state index is 13.1. The van der Waals surface area contributed by atoms with E-state index in [1.165, 1.54) is 24.3 Å². The molecule has 1 aliphatic heterocycles. The number of carbonyl (C=O) groups excluding carboxylic acids is 1. The van der Waals surface area contributed by atoms with E-state index in [0.29, 0.717) is 25.3 Å². The Hall–Kier alpha value is -3.15. The van der Waals surface area contributed by atoms with Gasteiger partial charge in [-0.15, -0.1) is 0 Å². The number of halogens is 2. The maximum atomic E-state index is 13.1. The lowest BCUT2D eigenvalue weighted by Crippen LogP contribution is -2.37. The number of hydrogen-bond acceptors (Lipinski definition) is 3. The van der Waals surface area contributed by atoms with Crippen molar-refractivity contribution < 1.29 is 13.6 Å². The molecular weight excluding hydrogens is 348 g/mol. The molecule has 0 radical (unpaired) electrons. The van der Waals surface area contributed by atoms with Crippen molar-refractivity contribution >= 4 is 5.91 Å². The van der Waals surface area contributed by atoms with E-state index in [1.54, 1.807) is 35.4 Å². The van der Waals surface area contributed by atoms with Gasteiger partial charge in [-0.2, -0.15) is 0 Å². The van der Waals surface area contributed by atoms with E-state index in [1.807, 2.05) is 0 Å². The highest BCUT2D eigenvalue weighted by atomic mass is 19.1. The van der Waals surface area contributed by atoms with Crippen LogP contribution in [0.25, 0.3) is 11.4 Å². The molecule has 0 N–H and O–H groups in total. The van der Waals surface area contributed by atoms with Crippen molar-refractivity contribution in [3.63, 3.8) is 0 Å². The molecule has 1 aliphatic rings. The van der Waals surface area contributed by atoms with E-state index < -0.39 is 0 Å². The summed E-state index contributed by atoms with van der Waals surface area (Å²) in [5.41, 5.74) is 3.37. The summed E-state index contributed by atoms with van der Waals surface area (Å²) in [4.78, 5) is 23.3. The van der Waals surface area contributed by atoms with Gasteiger partial charge in [-0.25, -0.2) is 18.7 Å². The number of benzene rings is 2. The molecule has 2 aromatic carbocycles. The maximum Gasteiger partial charge on any atom is 0.227 e. The van der Waals surface area contributed by atoms with Gasteiger partial charge in [0.25, 0.3) is 0 Å². The van der Waals surface area contributed by atoms with Crippen LogP contribution in [-0.2, 0) is 24.2 Å². The average Bonchev–Trinajstić information content (AvgIpc) is 2.69. The normalized spacial score (nSPS) is 13.3. The molecule has 0 aliphatic carbocycles. The summed E-state index contributed by atoms with van der Waals surface area (Å²) >= 11 is 0. The fraction of sp³-hybridized carbons (Fsp3) is 0.190. The molecule has 0 spiro atoms. The largest absolute Gasteiger partial charge is 0.338 e. The molecule has 4 nitrogen and oxygen atoms in total. The Morgan fingerprint density at radius 1 is 1.00 bits per heavy atom. The Balaban J connectivity index is 1.47. The van der Waals surface area contributed by atoms with Gasteiger partial charge in [-0.3, -0.25) is 4.79 Å². The third kappa shape index (κ3) is 3.84. The van der Waals surface area contributed by atoms with Crippen molar-refractivity contribution in [2.45, 2.75) is 19.4 Å². The van der Waals surface area contributed by atoms with Crippen molar-refractivity contribution in [3.8, 4) is 11.4 Å². The zero-order valence-corrected chi connectivity index (χ0v) is 14.5. The van der Waals surface area contributed by atoms with Gasteiger partial charge in [0.1, 0.15) is 11.6 Å². The lowest BCUT2D eigenvalue weighted by molar-refractivity contribution is -0.131. The second-order valence-electron chi connectivity index (χ2n) is 6.54. The Labute approximate surface area is 155 Å². The second-order valence-corrected chi connectivity index (χ2v) is 6.54. The minimum atomic E-state index is -0.313. The molecule has 0 fully saturated rings. The van der Waals surface area contributed by atoms with Crippen LogP contribution in [0.1, 0.15) is 16.8 Å². The highest BCUT2D eigenvalue weighted by Crippen LogP contribution is 2.22. The summed E-state index contributed by atoms with van der Waals surface area (Å²) in [6.07, 6.45) is 2.61. The summed E-state index contributed by atoms with van der Waals surface area (Å²) < 4.78 is 26.1. The monoisotopic (exact) mass is 365 g/mol. The number of aromatic nitrogens is 2. The van der Waals surface area contributed by atoms with Crippen LogP contribution in [0.5, 0.6) is 0 Å². The molecule has 6 heteroatoms. The zero-order valence-electron chi connectivity index (χ0n) is 14.5. The third-order valence-corrected chi connectivity index (χ3v) is 4.66. The molecule has 0 saturated carbocycles. The second kappa shape index (κ2) is 7.23. The lowest BCUT2D eigenvalue weighted by atomic mass is 10.0. The first-order valence-electron chi connectivity index (χ1n) is 8.71. The number of rotatable bonds is 3. The molecule has 0 saturated heterocycles. The predicted molar refractivity (Wildman–Crippen MR) is 96.7 cm³/mol. The summed E-state index contributed by atoms with van der Waals surface area (Å²) in [6.45, 7) is 1.03. The van der Waals surface area contributed by atoms with Gasteiger partial charge in [0.15, 0.2) is 5.82 Å². The molecule has 0 atom stereocenters. The SMILES string of the molecule is O=C(Cc1ccc(F)cc1)N1CCc2nc(-c3ccc(F)cc3)ncc2C1. The summed E-state index contributed by atoms with van der Waals surface area (Å²) in [5.74, 6) is -0.0612. The fourth-order valence-corrected chi connectivity index (χ4v) is 3.16. The van der Waals surface area contributed by atoms with E-state index in [2.05, 4.69) is 9.97 Å². The van der Waals surface area contributed by atoms with Crippen molar-refractivity contribution in [1.82, 2.24) is 14.9 Å². The average molecular weight is 365 g/mol. The summed E-state index contributed by atoms with van der Waals surface area (Å²) in [6, 6.07) is 12.0. The van der Waals surface area contributed by atoms with Gasteiger partial charge in [0, 0.05) is 36.8 Å². The van der Waals surface area contributed by atoms with E-state index in [-0.39, 0.29) is 24.0 Å². The predicted octanol–water partition coefficient (Wildman–Crippen LogP) is 3.55. The topological polar surface area (TPSA) is 46.1 Å². The van der Waals surface area contributed by atoms with Crippen LogP contribution in [-0.4, -0.2) is 27.3 Å². The van der Waals surface area contributed by atoms with Crippen molar-refractivity contribution in [1.29, 1.82) is 0 Å². The summed E-state index contributed by atoms with van der Waals surface area (Å²) in [5, 5.41) is 0. The molecule has 27 heavy (non-hydrogen) atoms. The number of amides is 1. The fourth-order valence-electron chi connectivity index (χ4n) is 3.16. The first-order valence-corrected chi connectivity index (χ1v) is 8.71. The molecule has 0 unspecified atom stereocenters. The minimum absolute atomic E-state index is 0.00475. The lowest BCUT2D eigenvalue weighted by Gasteiger charge is -2.28. The molecule has 136 valence electrons. The molecule has 4 rings (SSSR count). The molecule has 3 aromatic rings. The van der Waals surface area contributed by atoms with Crippen LogP contribution in [0.15, 0.2) is 54.7 Å². The Bertz CT molecular complexity index is 972. The minimum Gasteiger partial charge on any atom is -0.338 e. The van der Waals surface area contributed by atoms with Crippen LogP contribution < -0.4 is 0 Å². The van der Waals surface area contributed by atoms with Crippen LogP contribution >= 0.6 is 0 Å². The van der Waals surface area contributed by atoms with Gasteiger partial charge in [0.2, 0.25) is 5.91 Å². The van der Waals surface area contributed by atoms with Crippen LogP contribution in [0.2, 0.25) is 0 Å². The molecule has 1 amide bonds. The van der Waals surface area contributed by atoms with E-state index in [4.69, 9.17) is 0 Å². The van der Waals surface area contributed by atoms with Gasteiger partial charge in [0.05, 0.1) is 12.1 Å². The quantitative estimate of drug-likeness (QED) is 0.713. The van der Waals surface area contributed by atoms with Crippen LogP contribution in [0.3, 0.4) is 0 Å². The van der Waals surface area contributed by atoms with Gasteiger partial charge in [-0.05, 0) is 42.0 Å². The van der Waals surface area contributed by atoms with Crippen LogP contribution in [0.4, 0.5) is 8.78 Å². The van der Waals surface area contributed by atoms with Crippen molar-refractivity contribution in [3.05, 3.63) is 83.2 Å². The van der Waals surface area contributed by atoms with E-state index >= 15 is 0 Å². The van der Waals surface area contributed by atoms with Crippen molar-refractivity contribution in [2.75, 3.05) is 6.54 Å². The van der Waals surface area contributed by atoms with Gasteiger partial charge in [-0.1, -0.05) is 12.1 Å². The Morgan fingerprint density at radius 2 is 1.67 bits per heavy atom. The zero-order chi connectivity index (χ0) is 18.8. The molecule has 0 bridgehead atoms. The number of fused-ring (bicyclic) bond motifs is 1. The standard InChI is InChI=1S/C21H17F2N3O/c22-17-5-1-14(2-6-17)11-20(27)26-10-9-19-16(13-26)12-24-21(25-19)15-3-7-18(23)8-4-15/h1-8,12H,9-11,13H2. The van der Waals surface area contributed by atoms with E-state index in [9.17, 15) is 13.6 Å². The Kier molecular flexibility index (Phi) is 4.62. The van der Waals surface area contributed by atoms with Crippen LogP contribution in [0, 0.1) is 11.6 Å². The van der Waals surface area contributed by atoms with Crippen molar-refractivity contribution in [2.24, 2.45) is 0 Å². The highest BCUT2D eigenvalue weighted by Gasteiger charge is 2.22. The third-order valence-electron chi connectivity index (χ3n) is 4.66. The number of carbonyl (C=O) groups is 1. The van der Waals surface area contributed by atoms with E-state index in [0.717, 1.165) is 22.4 Å². The molecular formula is C21H17F2N3O. The first kappa shape index (κ1) is 17.3. The first-order chi connectivity index (χ1) is 13.1. The van der Waals surface area contributed by atoms with Gasteiger partial charge >= 0.3 is 0 Å².